The van der Waals surface area contributed by atoms with E-state index in [-0.39, 0.29) is 10.8 Å². The van der Waals surface area contributed by atoms with Gasteiger partial charge in [-0.15, -0.1) is 0 Å². The van der Waals surface area contributed by atoms with Crippen LogP contribution in [0.4, 0.5) is 5.69 Å². The van der Waals surface area contributed by atoms with E-state index in [0.29, 0.717) is 36.8 Å². The van der Waals surface area contributed by atoms with Crippen molar-refractivity contribution in [1.29, 1.82) is 0 Å². The van der Waals surface area contributed by atoms with Crippen molar-refractivity contribution in [1.82, 2.24) is 9.88 Å². The zero-order valence-electron chi connectivity index (χ0n) is 14.3. The highest BCUT2D eigenvalue weighted by atomic mass is 32.2. The number of amides is 1. The number of benzene rings is 1. The SMILES string of the molecule is NCC1CCN(C(=O)c2ccc(S(=O)(=O)Nc3ccncc3)cc2)CC1. The number of piperidine rings is 1. The summed E-state index contributed by atoms with van der Waals surface area (Å²) in [6.45, 7) is 2.02. The first-order valence-corrected chi connectivity index (χ1v) is 10.00. The van der Waals surface area contributed by atoms with Crippen molar-refractivity contribution in [2.75, 3.05) is 24.4 Å². The van der Waals surface area contributed by atoms with E-state index >= 15 is 0 Å². The summed E-state index contributed by atoms with van der Waals surface area (Å²) in [5.74, 6) is 0.400. The van der Waals surface area contributed by atoms with Gasteiger partial charge in [-0.3, -0.25) is 14.5 Å². The molecule has 26 heavy (non-hydrogen) atoms. The lowest BCUT2D eigenvalue weighted by atomic mass is 9.96. The van der Waals surface area contributed by atoms with Gasteiger partial charge in [-0.25, -0.2) is 8.42 Å². The van der Waals surface area contributed by atoms with Crippen molar-refractivity contribution in [2.45, 2.75) is 17.7 Å². The average Bonchev–Trinajstić information content (AvgIpc) is 2.68. The minimum Gasteiger partial charge on any atom is -0.339 e. The van der Waals surface area contributed by atoms with E-state index in [2.05, 4.69) is 9.71 Å². The van der Waals surface area contributed by atoms with Gasteiger partial charge in [0.1, 0.15) is 0 Å². The summed E-state index contributed by atoms with van der Waals surface area (Å²) in [6.07, 6.45) is 4.83. The quantitative estimate of drug-likeness (QED) is 0.828. The predicted octanol–water partition coefficient (Wildman–Crippen LogP) is 1.69. The highest BCUT2D eigenvalue weighted by Gasteiger charge is 2.23. The van der Waals surface area contributed by atoms with Crippen LogP contribution in [0.15, 0.2) is 53.7 Å². The van der Waals surface area contributed by atoms with Gasteiger partial charge in [-0.05, 0) is 61.7 Å². The van der Waals surface area contributed by atoms with Crippen LogP contribution < -0.4 is 10.5 Å². The van der Waals surface area contributed by atoms with E-state index in [1.165, 1.54) is 24.5 Å². The number of pyridine rings is 1. The number of hydrogen-bond donors (Lipinski definition) is 2. The van der Waals surface area contributed by atoms with Crippen molar-refractivity contribution in [3.05, 3.63) is 54.4 Å². The Kier molecular flexibility index (Phi) is 5.53. The molecule has 0 saturated carbocycles. The third-order valence-corrected chi connectivity index (χ3v) is 5.98. The number of likely N-dealkylation sites (tertiary alicyclic amines) is 1. The van der Waals surface area contributed by atoms with Crippen LogP contribution >= 0.6 is 0 Å². The van der Waals surface area contributed by atoms with Crippen molar-refractivity contribution >= 4 is 21.6 Å². The topological polar surface area (TPSA) is 105 Å². The summed E-state index contributed by atoms with van der Waals surface area (Å²) >= 11 is 0. The Morgan fingerprint density at radius 2 is 1.73 bits per heavy atom. The largest absolute Gasteiger partial charge is 0.339 e. The smallest absolute Gasteiger partial charge is 0.261 e. The number of hydrogen-bond acceptors (Lipinski definition) is 5. The molecule has 0 radical (unpaired) electrons. The first-order valence-electron chi connectivity index (χ1n) is 8.52. The number of nitrogens with zero attached hydrogens (tertiary/aromatic N) is 2. The van der Waals surface area contributed by atoms with Gasteiger partial charge in [-0.2, -0.15) is 0 Å². The number of nitrogens with one attached hydrogen (secondary N) is 1. The lowest BCUT2D eigenvalue weighted by Crippen LogP contribution is -2.40. The molecular weight excluding hydrogens is 352 g/mol. The standard InChI is InChI=1S/C18H22N4O3S/c19-13-14-7-11-22(12-8-14)18(23)15-1-3-17(4-2-15)26(24,25)21-16-5-9-20-10-6-16/h1-6,9-10,14H,7-8,11-13,19H2,(H,20,21). The third kappa shape index (κ3) is 4.20. The van der Waals surface area contributed by atoms with Crippen LogP contribution in [0, 0.1) is 5.92 Å². The minimum atomic E-state index is -3.71. The summed E-state index contributed by atoms with van der Waals surface area (Å²) < 4.78 is 27.3. The van der Waals surface area contributed by atoms with Crippen LogP contribution in [0.3, 0.4) is 0 Å². The van der Waals surface area contributed by atoms with Crippen molar-refractivity contribution < 1.29 is 13.2 Å². The van der Waals surface area contributed by atoms with Crippen molar-refractivity contribution in [3.63, 3.8) is 0 Å². The van der Waals surface area contributed by atoms with Gasteiger partial charge >= 0.3 is 0 Å². The first kappa shape index (κ1) is 18.3. The van der Waals surface area contributed by atoms with E-state index in [4.69, 9.17) is 5.73 Å². The Balaban J connectivity index is 1.69. The van der Waals surface area contributed by atoms with Gasteiger partial charge in [0.05, 0.1) is 10.6 Å². The third-order valence-electron chi connectivity index (χ3n) is 4.58. The molecule has 138 valence electrons. The van der Waals surface area contributed by atoms with Gasteiger partial charge in [0, 0.05) is 31.0 Å². The number of nitrogens with two attached hydrogens (primary N) is 1. The monoisotopic (exact) mass is 374 g/mol. The molecule has 0 unspecified atom stereocenters. The molecule has 1 aliphatic rings. The molecule has 0 spiro atoms. The van der Waals surface area contributed by atoms with Gasteiger partial charge < -0.3 is 10.6 Å². The molecule has 2 aromatic rings. The van der Waals surface area contributed by atoms with Crippen LogP contribution in [0.1, 0.15) is 23.2 Å². The first-order chi connectivity index (χ1) is 12.5. The molecule has 0 bridgehead atoms. The predicted molar refractivity (Wildman–Crippen MR) is 99.2 cm³/mol. The molecule has 3 N–H and O–H groups in total. The Labute approximate surface area is 153 Å². The molecule has 3 rings (SSSR count). The van der Waals surface area contributed by atoms with E-state index in [9.17, 15) is 13.2 Å². The van der Waals surface area contributed by atoms with Crippen LogP contribution in [-0.4, -0.2) is 43.8 Å². The highest BCUT2D eigenvalue weighted by molar-refractivity contribution is 7.92. The van der Waals surface area contributed by atoms with E-state index in [0.717, 1.165) is 12.8 Å². The van der Waals surface area contributed by atoms with Gasteiger partial charge in [0.15, 0.2) is 0 Å². The fourth-order valence-electron chi connectivity index (χ4n) is 2.97. The molecule has 0 atom stereocenters. The number of carbonyl (C=O) groups excluding carboxylic acids is 1. The zero-order chi connectivity index (χ0) is 18.6. The van der Waals surface area contributed by atoms with E-state index < -0.39 is 10.0 Å². The molecular formula is C18H22N4O3S. The molecule has 1 fully saturated rings. The molecule has 0 aliphatic carbocycles. The Bertz CT molecular complexity index is 846. The normalized spacial score (nSPS) is 15.7. The summed E-state index contributed by atoms with van der Waals surface area (Å²) in [5.41, 5.74) is 6.60. The van der Waals surface area contributed by atoms with E-state index in [1.54, 1.807) is 29.2 Å². The van der Waals surface area contributed by atoms with Crippen molar-refractivity contribution in [2.24, 2.45) is 11.7 Å². The molecule has 1 aliphatic heterocycles. The lowest BCUT2D eigenvalue weighted by Gasteiger charge is -2.31. The molecule has 8 heteroatoms. The maximum absolute atomic E-state index is 12.6. The Morgan fingerprint density at radius 3 is 2.31 bits per heavy atom. The number of carbonyl (C=O) groups is 1. The molecule has 1 amide bonds. The van der Waals surface area contributed by atoms with Crippen LogP contribution in [0.2, 0.25) is 0 Å². The molecule has 7 nitrogen and oxygen atoms in total. The van der Waals surface area contributed by atoms with Crippen LogP contribution in [-0.2, 0) is 10.0 Å². The maximum atomic E-state index is 12.6. The summed E-state index contributed by atoms with van der Waals surface area (Å²) in [5, 5.41) is 0. The van der Waals surface area contributed by atoms with Crippen LogP contribution in [0.25, 0.3) is 0 Å². The van der Waals surface area contributed by atoms with Crippen molar-refractivity contribution in [3.8, 4) is 0 Å². The number of sulfonamides is 1. The Hall–Kier alpha value is -2.45. The average molecular weight is 374 g/mol. The summed E-state index contributed by atoms with van der Waals surface area (Å²) in [6, 6.07) is 9.14. The number of anilines is 1. The second kappa shape index (κ2) is 7.84. The molecule has 1 saturated heterocycles. The fourth-order valence-corrected chi connectivity index (χ4v) is 4.02. The molecule has 1 aromatic carbocycles. The summed E-state index contributed by atoms with van der Waals surface area (Å²) in [4.78, 5) is 18.3. The number of aromatic nitrogens is 1. The van der Waals surface area contributed by atoms with Gasteiger partial charge in [-0.1, -0.05) is 0 Å². The molecule has 2 heterocycles. The second-order valence-electron chi connectivity index (χ2n) is 6.34. The van der Waals surface area contributed by atoms with E-state index in [1.807, 2.05) is 0 Å². The Morgan fingerprint density at radius 1 is 1.12 bits per heavy atom. The van der Waals surface area contributed by atoms with Gasteiger partial charge in [0.25, 0.3) is 15.9 Å². The lowest BCUT2D eigenvalue weighted by molar-refractivity contribution is 0.0693. The second-order valence-corrected chi connectivity index (χ2v) is 8.02. The zero-order valence-corrected chi connectivity index (χ0v) is 15.2. The minimum absolute atomic E-state index is 0.0773. The van der Waals surface area contributed by atoms with Gasteiger partial charge in [0.2, 0.25) is 0 Å². The number of rotatable bonds is 5. The highest BCUT2D eigenvalue weighted by Crippen LogP contribution is 2.20. The van der Waals surface area contributed by atoms with Crippen LogP contribution in [0.5, 0.6) is 0 Å². The summed E-state index contributed by atoms with van der Waals surface area (Å²) in [7, 11) is -3.71. The fraction of sp³-hybridized carbons (Fsp3) is 0.333. The maximum Gasteiger partial charge on any atom is 0.261 e. The molecule has 1 aromatic heterocycles.